The fourth-order valence-corrected chi connectivity index (χ4v) is 2.22. The van der Waals surface area contributed by atoms with Gasteiger partial charge in [0.2, 0.25) is 0 Å². The molecule has 0 unspecified atom stereocenters. The Morgan fingerprint density at radius 3 is 2.78 bits per heavy atom. The first-order chi connectivity index (χ1) is 8.37. The molecule has 1 aromatic heterocycles. The Bertz CT molecular complexity index is 522. The number of hydrogen-bond donors (Lipinski definition) is 4. The highest BCUT2D eigenvalue weighted by molar-refractivity contribution is 7.90. The normalized spacial score (nSPS) is 11.4. The van der Waals surface area contributed by atoms with Crippen LogP contribution in [0.2, 0.25) is 0 Å². The molecule has 0 aliphatic carbocycles. The highest BCUT2D eigenvalue weighted by atomic mass is 32.2. The lowest BCUT2D eigenvalue weighted by Gasteiger charge is -2.08. The van der Waals surface area contributed by atoms with E-state index in [0.29, 0.717) is 5.69 Å². The molecule has 0 aliphatic rings. The Balaban J connectivity index is 2.81. The van der Waals surface area contributed by atoms with Crippen molar-refractivity contribution in [3.05, 3.63) is 17.5 Å². The van der Waals surface area contributed by atoms with E-state index in [2.05, 4.69) is 14.4 Å². The third kappa shape index (κ3) is 3.72. The minimum Gasteiger partial charge on any atom is -0.478 e. The molecular formula is C9H15N3O5S. The summed E-state index contributed by atoms with van der Waals surface area (Å²) in [6, 6.07) is 0. The zero-order valence-corrected chi connectivity index (χ0v) is 10.8. The number of rotatable bonds is 7. The molecule has 1 heterocycles. The maximum Gasteiger partial charge on any atom is 0.339 e. The van der Waals surface area contributed by atoms with Gasteiger partial charge in [-0.3, -0.25) is 4.72 Å². The monoisotopic (exact) mass is 277 g/mol. The number of H-pyrrole nitrogens is 1. The van der Waals surface area contributed by atoms with Crippen molar-refractivity contribution >= 4 is 21.9 Å². The van der Waals surface area contributed by atoms with E-state index in [1.807, 2.05) is 0 Å². The summed E-state index contributed by atoms with van der Waals surface area (Å²) in [7, 11) is -2.37. The zero-order valence-electron chi connectivity index (χ0n) is 9.98. The molecule has 0 aromatic carbocycles. The number of ether oxygens (including phenoxy) is 1. The van der Waals surface area contributed by atoms with Gasteiger partial charge in [0.25, 0.3) is 10.2 Å². The summed E-state index contributed by atoms with van der Waals surface area (Å²) in [6.45, 7) is 1.86. The number of hydrogen-bond acceptors (Lipinski definition) is 4. The van der Waals surface area contributed by atoms with Crippen LogP contribution in [-0.2, 0) is 14.9 Å². The maximum absolute atomic E-state index is 11.6. The summed E-state index contributed by atoms with van der Waals surface area (Å²) in [6.07, 6.45) is 1.29. The number of anilines is 1. The van der Waals surface area contributed by atoms with E-state index in [0.717, 1.165) is 0 Å². The SMILES string of the molecule is COCCNS(=O)(=O)Nc1c[nH]c(C)c1C(=O)O. The van der Waals surface area contributed by atoms with Gasteiger partial charge >= 0.3 is 5.97 Å². The van der Waals surface area contributed by atoms with Gasteiger partial charge in [-0.2, -0.15) is 13.1 Å². The molecule has 0 aliphatic heterocycles. The lowest BCUT2D eigenvalue weighted by atomic mass is 10.2. The van der Waals surface area contributed by atoms with Gasteiger partial charge in [-0.05, 0) is 6.92 Å². The van der Waals surface area contributed by atoms with Gasteiger partial charge in [0.1, 0.15) is 5.56 Å². The van der Waals surface area contributed by atoms with Crippen LogP contribution in [0.5, 0.6) is 0 Å². The zero-order chi connectivity index (χ0) is 13.8. The van der Waals surface area contributed by atoms with Crippen LogP contribution in [0.3, 0.4) is 0 Å². The number of aromatic amines is 1. The molecule has 8 nitrogen and oxygen atoms in total. The van der Waals surface area contributed by atoms with Crippen molar-refractivity contribution in [2.45, 2.75) is 6.92 Å². The first kappa shape index (κ1) is 14.5. The summed E-state index contributed by atoms with van der Waals surface area (Å²) < 4.78 is 32.2. The molecule has 102 valence electrons. The molecular weight excluding hydrogens is 262 g/mol. The largest absolute Gasteiger partial charge is 0.478 e. The van der Waals surface area contributed by atoms with Gasteiger partial charge in [0.05, 0.1) is 12.3 Å². The van der Waals surface area contributed by atoms with Crippen molar-refractivity contribution in [1.29, 1.82) is 0 Å². The van der Waals surface area contributed by atoms with Crippen LogP contribution in [0.15, 0.2) is 6.20 Å². The van der Waals surface area contributed by atoms with Crippen molar-refractivity contribution in [2.75, 3.05) is 25.0 Å². The predicted molar refractivity (Wildman–Crippen MR) is 64.9 cm³/mol. The van der Waals surface area contributed by atoms with Gasteiger partial charge < -0.3 is 14.8 Å². The topological polar surface area (TPSA) is 121 Å². The molecule has 1 rings (SSSR count). The highest BCUT2D eigenvalue weighted by Crippen LogP contribution is 2.19. The summed E-state index contributed by atoms with van der Waals surface area (Å²) in [4.78, 5) is 13.6. The smallest absolute Gasteiger partial charge is 0.339 e. The van der Waals surface area contributed by atoms with Crippen molar-refractivity contribution < 1.29 is 23.1 Å². The van der Waals surface area contributed by atoms with Crippen LogP contribution in [0, 0.1) is 6.92 Å². The van der Waals surface area contributed by atoms with E-state index in [9.17, 15) is 13.2 Å². The molecule has 0 saturated carbocycles. The van der Waals surface area contributed by atoms with Crippen molar-refractivity contribution in [2.24, 2.45) is 0 Å². The molecule has 1 aromatic rings. The van der Waals surface area contributed by atoms with E-state index in [4.69, 9.17) is 9.84 Å². The number of nitrogens with one attached hydrogen (secondary N) is 3. The Morgan fingerprint density at radius 2 is 2.22 bits per heavy atom. The number of aromatic nitrogens is 1. The van der Waals surface area contributed by atoms with Crippen molar-refractivity contribution in [3.8, 4) is 0 Å². The average Bonchev–Trinajstić information content (AvgIpc) is 2.59. The number of carbonyl (C=O) groups is 1. The van der Waals surface area contributed by atoms with Gasteiger partial charge in [-0.15, -0.1) is 0 Å². The number of aryl methyl sites for hydroxylation is 1. The molecule has 18 heavy (non-hydrogen) atoms. The molecule has 0 amide bonds. The third-order valence-corrected chi connectivity index (χ3v) is 3.21. The Hall–Kier alpha value is -1.58. The third-order valence-electron chi connectivity index (χ3n) is 2.13. The van der Waals surface area contributed by atoms with Gasteiger partial charge in [-0.1, -0.05) is 0 Å². The molecule has 0 bridgehead atoms. The Labute approximate surface area is 105 Å². The summed E-state index contributed by atoms with van der Waals surface area (Å²) in [5.41, 5.74) is 0.258. The Kier molecular flexibility index (Phi) is 4.70. The minimum absolute atomic E-state index is 0.00934. The Morgan fingerprint density at radius 1 is 1.56 bits per heavy atom. The molecule has 0 atom stereocenters. The van der Waals surface area contributed by atoms with Crippen LogP contribution < -0.4 is 9.44 Å². The summed E-state index contributed by atoms with van der Waals surface area (Å²) >= 11 is 0. The van der Waals surface area contributed by atoms with Crippen LogP contribution in [0.25, 0.3) is 0 Å². The van der Waals surface area contributed by atoms with Crippen molar-refractivity contribution in [1.82, 2.24) is 9.71 Å². The number of aromatic carboxylic acids is 1. The fraction of sp³-hybridized carbons (Fsp3) is 0.444. The highest BCUT2D eigenvalue weighted by Gasteiger charge is 2.19. The molecule has 0 radical (unpaired) electrons. The minimum atomic E-state index is -3.81. The summed E-state index contributed by atoms with van der Waals surface area (Å²) in [5.74, 6) is -1.21. The van der Waals surface area contributed by atoms with Gasteiger partial charge in [-0.25, -0.2) is 4.79 Å². The van der Waals surface area contributed by atoms with Gasteiger partial charge in [0, 0.05) is 25.5 Å². The molecule has 0 spiro atoms. The second-order valence-electron chi connectivity index (χ2n) is 3.50. The first-order valence-corrected chi connectivity index (χ1v) is 6.53. The second-order valence-corrected chi connectivity index (χ2v) is 5.00. The maximum atomic E-state index is 11.6. The molecule has 0 fully saturated rings. The first-order valence-electron chi connectivity index (χ1n) is 5.05. The van der Waals surface area contributed by atoms with Crippen molar-refractivity contribution in [3.63, 3.8) is 0 Å². The lowest BCUT2D eigenvalue weighted by Crippen LogP contribution is -2.32. The van der Waals surface area contributed by atoms with Crippen LogP contribution in [-0.4, -0.2) is 44.7 Å². The second kappa shape index (κ2) is 5.85. The predicted octanol–water partition coefficient (Wildman–Crippen LogP) is -0.0860. The van der Waals surface area contributed by atoms with E-state index in [1.54, 1.807) is 6.92 Å². The van der Waals surface area contributed by atoms with Gasteiger partial charge in [0.15, 0.2) is 0 Å². The van der Waals surface area contributed by atoms with E-state index in [-0.39, 0.29) is 24.4 Å². The standard InChI is InChI=1S/C9H15N3O5S/c1-6-8(9(13)14)7(5-10-6)12-18(15,16)11-3-4-17-2/h5,10-12H,3-4H2,1-2H3,(H,13,14). The fourth-order valence-electron chi connectivity index (χ4n) is 1.34. The van der Waals surface area contributed by atoms with Crippen LogP contribution in [0.4, 0.5) is 5.69 Å². The number of carboxylic acids is 1. The van der Waals surface area contributed by atoms with Crippen LogP contribution >= 0.6 is 0 Å². The number of methoxy groups -OCH3 is 1. The number of carboxylic acid groups (broad SMARTS) is 1. The van der Waals surface area contributed by atoms with Crippen LogP contribution in [0.1, 0.15) is 16.1 Å². The average molecular weight is 277 g/mol. The summed E-state index contributed by atoms with van der Waals surface area (Å²) in [5, 5.41) is 8.95. The molecule has 9 heteroatoms. The van der Waals surface area contributed by atoms with E-state index < -0.39 is 16.2 Å². The molecule has 4 N–H and O–H groups in total. The van der Waals surface area contributed by atoms with E-state index in [1.165, 1.54) is 13.3 Å². The lowest BCUT2D eigenvalue weighted by molar-refractivity contribution is 0.0697. The molecule has 0 saturated heterocycles. The van der Waals surface area contributed by atoms with E-state index >= 15 is 0 Å². The quantitative estimate of drug-likeness (QED) is 0.519.